The Morgan fingerprint density at radius 3 is 1.38 bits per heavy atom. The highest BCUT2D eigenvalue weighted by atomic mass is 16.5. The first kappa shape index (κ1) is 49.1. The molecule has 0 saturated heterocycles. The molecule has 2 aliphatic heterocycles. The average molecular weight is 979 g/mol. The number of amides is 2. The van der Waals surface area contributed by atoms with Gasteiger partial charge in [0.1, 0.15) is 58.9 Å². The Hall–Kier alpha value is -8.92. The maximum Gasteiger partial charge on any atom is 0.356 e. The Bertz CT molecular complexity index is 3310. The lowest BCUT2D eigenvalue weighted by Crippen LogP contribution is -2.35. The zero-order valence-electron chi connectivity index (χ0n) is 41.1. The smallest absolute Gasteiger partial charge is 0.356 e. The highest BCUT2D eigenvalue weighted by Gasteiger charge is 2.30. The van der Waals surface area contributed by atoms with E-state index in [1.165, 1.54) is 36.7 Å². The number of hydrogen-bond donors (Lipinski definition) is 3. The second-order valence-electron chi connectivity index (χ2n) is 18.2. The fourth-order valence-corrected chi connectivity index (χ4v) is 8.63. The number of pyridine rings is 2. The molecule has 0 unspecified atom stereocenters. The number of hydrogen-bond acceptors (Lipinski definition) is 11. The second-order valence-corrected chi connectivity index (χ2v) is 18.2. The number of benzene rings is 4. The molecule has 8 aromatic rings. The van der Waals surface area contributed by atoms with E-state index in [2.05, 4.69) is 102 Å². The molecule has 0 fully saturated rings. The van der Waals surface area contributed by atoms with Gasteiger partial charge in [-0.25, -0.2) is 19.6 Å². The lowest BCUT2D eigenvalue weighted by molar-refractivity contribution is 0.0592. The molecule has 0 saturated carbocycles. The summed E-state index contributed by atoms with van der Waals surface area (Å²) in [7, 11) is 1.31. The topological polar surface area (TPSA) is 202 Å². The van der Waals surface area contributed by atoms with Crippen molar-refractivity contribution < 1.29 is 38.5 Å². The number of aromatic nitrogens is 6. The first-order chi connectivity index (χ1) is 35.3. The molecule has 16 heteroatoms. The number of carbonyl (C=O) groups is 4. The van der Waals surface area contributed by atoms with Crippen molar-refractivity contribution in [1.29, 1.82) is 0 Å². The van der Waals surface area contributed by atoms with E-state index < -0.39 is 11.9 Å². The summed E-state index contributed by atoms with van der Waals surface area (Å²) in [6.07, 6.45) is 2.97. The van der Waals surface area contributed by atoms with Gasteiger partial charge in [-0.1, -0.05) is 100 Å². The summed E-state index contributed by atoms with van der Waals surface area (Å²) in [6.45, 7) is 11.7. The summed E-state index contributed by atoms with van der Waals surface area (Å²) in [5, 5.41) is 24.6. The number of rotatable bonds is 14. The monoisotopic (exact) mass is 978 g/mol. The third kappa shape index (κ3) is 10.9. The molecule has 16 nitrogen and oxygen atoms in total. The Balaban J connectivity index is 0.000000180. The van der Waals surface area contributed by atoms with Gasteiger partial charge in [0, 0.05) is 47.7 Å². The maximum absolute atomic E-state index is 12.9. The Morgan fingerprint density at radius 1 is 0.575 bits per heavy atom. The zero-order chi connectivity index (χ0) is 51.2. The number of methoxy groups -OCH3 is 1. The van der Waals surface area contributed by atoms with Gasteiger partial charge >= 0.3 is 11.9 Å². The predicted molar refractivity (Wildman–Crippen MR) is 274 cm³/mol. The summed E-state index contributed by atoms with van der Waals surface area (Å²) < 4.78 is 20.2. The van der Waals surface area contributed by atoms with E-state index in [1.54, 1.807) is 27.6 Å². The largest absolute Gasteiger partial charge is 0.489 e. The SMILES string of the molecule is CC(C)c1ccc(COc2ccc(-c3c(-c4ccnc(C(=O)O)c4)nn4c3C(=O)NCC4)cc2)cc1.COC(=O)c1cc(-c2nn3c(c2-c2ccc(OCc4ccc(C(C)C)cc4)cc2)C(=O)NCC3)ccn1. The third-order valence-corrected chi connectivity index (χ3v) is 12.6. The lowest BCUT2D eigenvalue weighted by Gasteiger charge is -2.15. The standard InChI is InChI=1S/C29H28N4O4.C28H26N4O4/c1-18(2)20-6-4-19(5-7-20)17-37-23-10-8-21(9-11-23)25-26(32-33-15-14-31-28(34)27(25)33)22-12-13-30-24(16-22)29(35)36-3;1-17(2)19-5-3-18(4-6-19)16-36-22-9-7-20(8-10-22)24-25(21-11-12-29-23(15-21)28(34)35)31-32-14-13-30-27(33)26(24)32/h4-13,16,18H,14-15,17H2,1-3H3,(H,31,34);3-12,15,17H,13-14,16H2,1-2H3,(H,30,33)(H,34,35). The van der Waals surface area contributed by atoms with Crippen molar-refractivity contribution in [3.05, 3.63) is 179 Å². The van der Waals surface area contributed by atoms with Crippen LogP contribution in [0.1, 0.15) is 104 Å². The number of carboxylic acid groups (broad SMARTS) is 1. The number of ether oxygens (including phenoxy) is 3. The number of nitrogens with one attached hydrogen (secondary N) is 2. The van der Waals surface area contributed by atoms with E-state index in [9.17, 15) is 24.3 Å². The maximum atomic E-state index is 12.9. The molecule has 4 aromatic heterocycles. The van der Waals surface area contributed by atoms with E-state index in [-0.39, 0.29) is 23.2 Å². The molecule has 0 bridgehead atoms. The van der Waals surface area contributed by atoms with E-state index in [0.29, 0.717) is 102 Å². The van der Waals surface area contributed by atoms with E-state index in [4.69, 9.17) is 19.3 Å². The number of carboxylic acids is 1. The molecular weight excluding hydrogens is 925 g/mol. The molecule has 0 spiro atoms. The molecule has 370 valence electrons. The van der Waals surface area contributed by atoms with E-state index in [1.807, 2.05) is 48.5 Å². The van der Waals surface area contributed by atoms with Gasteiger partial charge in [-0.3, -0.25) is 19.0 Å². The normalized spacial score (nSPS) is 12.8. The van der Waals surface area contributed by atoms with Crippen LogP contribution in [0.15, 0.2) is 134 Å². The van der Waals surface area contributed by atoms with Crippen molar-refractivity contribution in [2.24, 2.45) is 0 Å². The van der Waals surface area contributed by atoms with Gasteiger partial charge in [-0.15, -0.1) is 0 Å². The number of nitrogens with zero attached hydrogens (tertiary/aromatic N) is 6. The predicted octanol–water partition coefficient (Wildman–Crippen LogP) is 9.60. The van der Waals surface area contributed by atoms with Crippen molar-refractivity contribution in [3.8, 4) is 56.3 Å². The zero-order valence-corrected chi connectivity index (χ0v) is 41.1. The summed E-state index contributed by atoms with van der Waals surface area (Å²) in [5.74, 6) is 0.336. The fourth-order valence-electron chi connectivity index (χ4n) is 8.63. The molecule has 2 amide bonds. The fraction of sp³-hybridized carbons (Fsp3) is 0.228. The Kier molecular flexibility index (Phi) is 14.5. The van der Waals surface area contributed by atoms with Gasteiger partial charge in [-0.2, -0.15) is 10.2 Å². The van der Waals surface area contributed by atoms with Gasteiger partial charge in [0.2, 0.25) is 0 Å². The van der Waals surface area contributed by atoms with Gasteiger partial charge in [-0.05, 0) is 93.7 Å². The van der Waals surface area contributed by atoms with Crippen LogP contribution in [0.25, 0.3) is 44.8 Å². The first-order valence-electron chi connectivity index (χ1n) is 24.0. The average Bonchev–Trinajstić information content (AvgIpc) is 4.02. The Labute approximate surface area is 422 Å². The van der Waals surface area contributed by atoms with Crippen LogP contribution >= 0.6 is 0 Å². The van der Waals surface area contributed by atoms with Crippen LogP contribution in [0.4, 0.5) is 0 Å². The molecule has 0 aliphatic carbocycles. The molecule has 73 heavy (non-hydrogen) atoms. The number of carbonyl (C=O) groups excluding carboxylic acids is 3. The van der Waals surface area contributed by atoms with Crippen molar-refractivity contribution in [1.82, 2.24) is 40.2 Å². The summed E-state index contributed by atoms with van der Waals surface area (Å²) >= 11 is 0. The Morgan fingerprint density at radius 2 is 0.986 bits per heavy atom. The highest BCUT2D eigenvalue weighted by Crippen LogP contribution is 2.38. The summed E-state index contributed by atoms with van der Waals surface area (Å²) in [6, 6.07) is 38.5. The van der Waals surface area contributed by atoms with Crippen molar-refractivity contribution in [2.75, 3.05) is 20.2 Å². The molecule has 0 radical (unpaired) electrons. The molecule has 0 atom stereocenters. The van der Waals surface area contributed by atoms with Crippen LogP contribution in [-0.2, 0) is 31.0 Å². The van der Waals surface area contributed by atoms with Crippen LogP contribution in [-0.4, -0.2) is 78.6 Å². The van der Waals surface area contributed by atoms with Gasteiger partial charge in [0.15, 0.2) is 0 Å². The summed E-state index contributed by atoms with van der Waals surface area (Å²) in [4.78, 5) is 57.2. The third-order valence-electron chi connectivity index (χ3n) is 12.6. The molecular formula is C57H54N8O8. The van der Waals surface area contributed by atoms with Gasteiger partial charge in [0.25, 0.3) is 11.8 Å². The first-order valence-corrected chi connectivity index (χ1v) is 24.0. The quantitative estimate of drug-likeness (QED) is 0.0873. The van der Waals surface area contributed by atoms with Gasteiger partial charge in [0.05, 0.1) is 20.2 Å². The van der Waals surface area contributed by atoms with Crippen LogP contribution in [0.2, 0.25) is 0 Å². The number of fused-ring (bicyclic) bond motifs is 2. The van der Waals surface area contributed by atoms with Crippen molar-refractivity contribution in [3.63, 3.8) is 0 Å². The minimum absolute atomic E-state index is 0.0842. The summed E-state index contributed by atoms with van der Waals surface area (Å²) in [5.41, 5.74) is 11.1. The second kappa shape index (κ2) is 21.6. The molecule has 10 rings (SSSR count). The molecule has 2 aliphatic rings. The molecule has 4 aromatic carbocycles. The molecule has 6 heterocycles. The van der Waals surface area contributed by atoms with Crippen molar-refractivity contribution in [2.45, 2.75) is 65.8 Å². The molecule has 3 N–H and O–H groups in total. The minimum atomic E-state index is -1.12. The lowest BCUT2D eigenvalue weighted by atomic mass is 9.98. The van der Waals surface area contributed by atoms with E-state index in [0.717, 1.165) is 28.0 Å². The minimum Gasteiger partial charge on any atom is -0.489 e. The van der Waals surface area contributed by atoms with E-state index >= 15 is 0 Å². The van der Waals surface area contributed by atoms with Crippen molar-refractivity contribution >= 4 is 23.8 Å². The highest BCUT2D eigenvalue weighted by molar-refractivity contribution is 6.05. The van der Waals surface area contributed by atoms with Gasteiger partial charge < -0.3 is 30.0 Å². The number of aromatic carboxylic acids is 1. The number of esters is 1. The van der Waals surface area contributed by atoms with Crippen LogP contribution in [0.3, 0.4) is 0 Å². The van der Waals surface area contributed by atoms with Crippen LogP contribution in [0.5, 0.6) is 11.5 Å². The van der Waals surface area contributed by atoms with Crippen LogP contribution in [0, 0.1) is 0 Å². The van der Waals surface area contributed by atoms with Crippen LogP contribution < -0.4 is 20.1 Å².